The quantitative estimate of drug-likeness (QED) is 0.581. The van der Waals surface area contributed by atoms with Gasteiger partial charge in [0, 0.05) is 26.0 Å². The van der Waals surface area contributed by atoms with Gasteiger partial charge in [-0.2, -0.15) is 0 Å². The van der Waals surface area contributed by atoms with E-state index >= 15 is 0 Å². The Hall–Kier alpha value is -1.27. The van der Waals surface area contributed by atoms with Gasteiger partial charge in [-0.3, -0.25) is 10.2 Å². The lowest BCUT2D eigenvalue weighted by molar-refractivity contribution is -0.122. The third-order valence-corrected chi connectivity index (χ3v) is 5.10. The molecule has 1 unspecified atom stereocenters. The van der Waals surface area contributed by atoms with Gasteiger partial charge in [0.15, 0.2) is 0 Å². The molecule has 152 valence electrons. The van der Waals surface area contributed by atoms with Crippen LogP contribution in [-0.2, 0) is 16.0 Å². The molecule has 1 aliphatic rings. The molecule has 1 aliphatic heterocycles. The fourth-order valence-electron chi connectivity index (χ4n) is 3.42. The number of hydrazine groups is 1. The summed E-state index contributed by atoms with van der Waals surface area (Å²) in [6, 6.07) is 10.7. The van der Waals surface area contributed by atoms with Gasteiger partial charge in [-0.25, -0.2) is 5.43 Å². The van der Waals surface area contributed by atoms with E-state index in [0.29, 0.717) is 25.2 Å². The molecule has 0 saturated carbocycles. The number of carbonyl (C=O) groups excluding carboxylic acids is 1. The molecule has 5 nitrogen and oxygen atoms in total. The third kappa shape index (κ3) is 10.0. The van der Waals surface area contributed by atoms with Gasteiger partial charge in [-0.15, -0.1) is 0 Å². The van der Waals surface area contributed by atoms with Crippen molar-refractivity contribution in [1.29, 1.82) is 0 Å². The first-order valence-corrected chi connectivity index (χ1v) is 10.7. The first kappa shape index (κ1) is 22.0. The van der Waals surface area contributed by atoms with Crippen molar-refractivity contribution in [2.75, 3.05) is 32.8 Å². The largest absolute Gasteiger partial charge is 0.362 e. The molecule has 1 heterocycles. The second kappa shape index (κ2) is 13.8. The van der Waals surface area contributed by atoms with Crippen LogP contribution in [0.3, 0.4) is 0 Å². The Morgan fingerprint density at radius 2 is 1.93 bits per heavy atom. The second-order valence-corrected chi connectivity index (χ2v) is 7.36. The number of nitrogens with zero attached hydrogens (tertiary/aromatic N) is 1. The Balaban J connectivity index is 1.55. The number of hydrogen-bond acceptors (Lipinski definition) is 5. The Bertz CT molecular complexity index is 510. The van der Waals surface area contributed by atoms with Gasteiger partial charge in [-0.05, 0) is 63.7 Å². The zero-order chi connectivity index (χ0) is 19.2. The highest BCUT2D eigenvalue weighted by Gasteiger charge is 2.15. The summed E-state index contributed by atoms with van der Waals surface area (Å²) >= 11 is 0. The van der Waals surface area contributed by atoms with Crippen molar-refractivity contribution in [3.63, 3.8) is 0 Å². The molecule has 2 rings (SSSR count). The van der Waals surface area contributed by atoms with Crippen LogP contribution in [0.4, 0.5) is 0 Å². The fraction of sp³-hybridized carbons (Fsp3) is 0.682. The molecular weight excluding hydrogens is 338 g/mol. The minimum absolute atomic E-state index is 0.191. The van der Waals surface area contributed by atoms with Crippen LogP contribution in [0.25, 0.3) is 0 Å². The molecule has 0 bridgehead atoms. The molecule has 0 amide bonds. The van der Waals surface area contributed by atoms with Crippen molar-refractivity contribution in [2.45, 2.75) is 64.5 Å². The summed E-state index contributed by atoms with van der Waals surface area (Å²) in [5.74, 6) is 0.298. The summed E-state index contributed by atoms with van der Waals surface area (Å²) in [7, 11) is 0. The predicted octanol–water partition coefficient (Wildman–Crippen LogP) is 3.30. The zero-order valence-corrected chi connectivity index (χ0v) is 16.9. The van der Waals surface area contributed by atoms with Crippen LogP contribution in [0.5, 0.6) is 0 Å². The summed E-state index contributed by atoms with van der Waals surface area (Å²) in [5, 5.41) is 0. The normalized spacial score (nSPS) is 18.9. The highest BCUT2D eigenvalue weighted by Crippen LogP contribution is 2.07. The van der Waals surface area contributed by atoms with E-state index in [0.717, 1.165) is 58.3 Å². The van der Waals surface area contributed by atoms with Crippen molar-refractivity contribution >= 4 is 5.78 Å². The van der Waals surface area contributed by atoms with Gasteiger partial charge >= 0.3 is 0 Å². The Kier molecular flexibility index (Phi) is 11.3. The Labute approximate surface area is 164 Å². The van der Waals surface area contributed by atoms with Gasteiger partial charge in [-0.1, -0.05) is 37.3 Å². The van der Waals surface area contributed by atoms with Gasteiger partial charge in [0.1, 0.15) is 12.0 Å². The maximum atomic E-state index is 11.9. The molecule has 2 N–H and O–H groups in total. The van der Waals surface area contributed by atoms with Gasteiger partial charge in [0.25, 0.3) is 0 Å². The van der Waals surface area contributed by atoms with Crippen molar-refractivity contribution in [1.82, 2.24) is 15.8 Å². The molecule has 5 heteroatoms. The van der Waals surface area contributed by atoms with Crippen molar-refractivity contribution in [2.24, 2.45) is 0 Å². The molecular formula is C22H37N3O2. The Morgan fingerprint density at radius 3 is 2.74 bits per heavy atom. The second-order valence-electron chi connectivity index (χ2n) is 7.36. The topological polar surface area (TPSA) is 53.6 Å². The summed E-state index contributed by atoms with van der Waals surface area (Å²) < 4.78 is 5.89. The maximum absolute atomic E-state index is 11.9. The van der Waals surface area contributed by atoms with Crippen LogP contribution < -0.4 is 10.9 Å². The number of unbranched alkanes of at least 4 members (excludes halogenated alkanes) is 1. The van der Waals surface area contributed by atoms with Crippen molar-refractivity contribution in [3.05, 3.63) is 35.9 Å². The number of nitrogens with one attached hydrogen (secondary N) is 2. The number of ether oxygens (including phenoxy) is 1. The van der Waals surface area contributed by atoms with Crippen LogP contribution in [0.1, 0.15) is 57.4 Å². The first-order chi connectivity index (χ1) is 13.3. The van der Waals surface area contributed by atoms with Crippen LogP contribution >= 0.6 is 0 Å². The number of benzene rings is 1. The van der Waals surface area contributed by atoms with Crippen LogP contribution in [0, 0.1) is 0 Å². The number of rotatable bonds is 11. The molecule has 1 atom stereocenters. The number of aryl methyl sites for hydroxylation is 1. The average molecular weight is 376 g/mol. The van der Waals surface area contributed by atoms with Crippen LogP contribution in [-0.4, -0.2) is 49.7 Å². The smallest absolute Gasteiger partial charge is 0.136 e. The highest BCUT2D eigenvalue weighted by atomic mass is 16.5. The predicted molar refractivity (Wildman–Crippen MR) is 110 cm³/mol. The summed E-state index contributed by atoms with van der Waals surface area (Å²) in [4.78, 5) is 14.4. The SMILES string of the molecule is CCN(CCCCOC1CC(=O)CCCCNN1)CCCc1ccccc1. The molecule has 1 fully saturated rings. The van der Waals surface area contributed by atoms with E-state index in [1.807, 2.05) is 0 Å². The van der Waals surface area contributed by atoms with Gasteiger partial charge in [0.2, 0.25) is 0 Å². The summed E-state index contributed by atoms with van der Waals surface area (Å²) in [5.41, 5.74) is 7.73. The first-order valence-electron chi connectivity index (χ1n) is 10.7. The van der Waals surface area contributed by atoms with E-state index in [1.54, 1.807) is 0 Å². The van der Waals surface area contributed by atoms with Crippen LogP contribution in [0.15, 0.2) is 30.3 Å². The van der Waals surface area contributed by atoms with Gasteiger partial charge < -0.3 is 9.64 Å². The lowest BCUT2D eigenvalue weighted by atomic mass is 10.1. The zero-order valence-electron chi connectivity index (χ0n) is 16.9. The van der Waals surface area contributed by atoms with E-state index in [-0.39, 0.29) is 6.23 Å². The molecule has 0 radical (unpaired) electrons. The number of Topliss-reactive ketones (excluding diaryl/α,β-unsaturated/α-hetero) is 1. The lowest BCUT2D eigenvalue weighted by Gasteiger charge is -2.21. The number of hydrogen-bond donors (Lipinski definition) is 2. The monoisotopic (exact) mass is 375 g/mol. The van der Waals surface area contributed by atoms with Crippen molar-refractivity contribution < 1.29 is 9.53 Å². The van der Waals surface area contributed by atoms with E-state index in [4.69, 9.17) is 4.74 Å². The lowest BCUT2D eigenvalue weighted by Crippen LogP contribution is -2.43. The minimum atomic E-state index is -0.191. The summed E-state index contributed by atoms with van der Waals surface area (Å²) in [6.45, 7) is 7.19. The molecule has 0 spiro atoms. The number of ketones is 1. The van der Waals surface area contributed by atoms with E-state index in [2.05, 4.69) is 53.0 Å². The van der Waals surface area contributed by atoms with E-state index in [9.17, 15) is 4.79 Å². The fourth-order valence-corrected chi connectivity index (χ4v) is 3.42. The summed E-state index contributed by atoms with van der Waals surface area (Å²) in [6.07, 6.45) is 7.46. The standard InChI is InChI=1S/C22H37N3O2/c1-2-25(17-10-13-20-11-4-3-5-12-20)16-8-9-18-27-22-19-21(26)14-6-7-15-23-24-22/h3-5,11-12,22-24H,2,6-10,13-19H2,1H3. The van der Waals surface area contributed by atoms with E-state index < -0.39 is 0 Å². The van der Waals surface area contributed by atoms with Crippen LogP contribution in [0.2, 0.25) is 0 Å². The maximum Gasteiger partial charge on any atom is 0.136 e. The molecule has 0 aliphatic carbocycles. The average Bonchev–Trinajstić information content (AvgIpc) is 2.79. The Morgan fingerprint density at radius 1 is 1.11 bits per heavy atom. The third-order valence-electron chi connectivity index (χ3n) is 5.10. The molecule has 1 aromatic carbocycles. The molecule has 0 aromatic heterocycles. The number of carbonyl (C=O) groups is 1. The molecule has 1 aromatic rings. The molecule has 27 heavy (non-hydrogen) atoms. The highest BCUT2D eigenvalue weighted by molar-refractivity contribution is 5.78. The minimum Gasteiger partial charge on any atom is -0.362 e. The molecule has 1 saturated heterocycles. The van der Waals surface area contributed by atoms with Crippen molar-refractivity contribution in [3.8, 4) is 0 Å². The van der Waals surface area contributed by atoms with E-state index in [1.165, 1.54) is 12.0 Å². The van der Waals surface area contributed by atoms with Gasteiger partial charge in [0.05, 0.1) is 0 Å².